The summed E-state index contributed by atoms with van der Waals surface area (Å²) < 4.78 is 2.00. The molecule has 0 aromatic carbocycles. The van der Waals surface area contributed by atoms with Gasteiger partial charge in [-0.15, -0.1) is 0 Å². The van der Waals surface area contributed by atoms with Crippen LogP contribution in [0.25, 0.3) is 0 Å². The minimum atomic E-state index is 0.0716. The lowest BCUT2D eigenvalue weighted by molar-refractivity contribution is 0.184. The van der Waals surface area contributed by atoms with E-state index in [4.69, 9.17) is 20.7 Å². The molecule has 0 bridgehead atoms. The number of amidine groups is 1. The second-order valence-electron chi connectivity index (χ2n) is 10.1. The molecule has 6 heterocycles. The maximum Gasteiger partial charge on any atom is 0.156 e. The van der Waals surface area contributed by atoms with Gasteiger partial charge in [0.25, 0.3) is 0 Å². The third kappa shape index (κ3) is 2.86. The molecular weight excluding hydrogens is 426 g/mol. The highest BCUT2D eigenvalue weighted by Gasteiger charge is 2.47. The number of piperidine rings is 1. The van der Waals surface area contributed by atoms with Crippen molar-refractivity contribution in [1.29, 1.82) is 0 Å². The number of fused-ring (bicyclic) bond motifs is 3. The number of nitrogens with two attached hydrogens (primary N) is 1. The van der Waals surface area contributed by atoms with Crippen molar-refractivity contribution < 1.29 is 0 Å². The summed E-state index contributed by atoms with van der Waals surface area (Å²) in [4.78, 5) is 23.9. The number of pyridine rings is 1. The third-order valence-corrected chi connectivity index (χ3v) is 8.32. The van der Waals surface area contributed by atoms with E-state index in [9.17, 15) is 0 Å². The Bertz CT molecular complexity index is 1300. The highest BCUT2D eigenvalue weighted by atomic mass is 15.3. The van der Waals surface area contributed by atoms with E-state index in [1.54, 1.807) is 0 Å². The molecule has 0 amide bonds. The first kappa shape index (κ1) is 20.1. The summed E-state index contributed by atoms with van der Waals surface area (Å²) in [7, 11) is 2.02. The van der Waals surface area contributed by atoms with Crippen LogP contribution in [0.5, 0.6) is 0 Å². The minimum Gasteiger partial charge on any atom is -0.355 e. The van der Waals surface area contributed by atoms with Crippen molar-refractivity contribution in [1.82, 2.24) is 24.7 Å². The van der Waals surface area contributed by atoms with E-state index in [-0.39, 0.29) is 11.5 Å². The van der Waals surface area contributed by atoms with E-state index in [1.807, 2.05) is 36.4 Å². The van der Waals surface area contributed by atoms with Crippen molar-refractivity contribution in [3.63, 3.8) is 0 Å². The molecule has 1 fully saturated rings. The van der Waals surface area contributed by atoms with Crippen molar-refractivity contribution in [3.05, 3.63) is 59.1 Å². The fourth-order valence-corrected chi connectivity index (χ4v) is 6.32. The summed E-state index contributed by atoms with van der Waals surface area (Å²) in [6, 6.07) is 4.20. The molecule has 0 unspecified atom stereocenters. The van der Waals surface area contributed by atoms with Crippen molar-refractivity contribution in [2.45, 2.75) is 44.7 Å². The quantitative estimate of drug-likeness (QED) is 0.600. The fraction of sp³-hybridized carbons (Fsp3) is 0.480. The Morgan fingerprint density at radius 1 is 1.09 bits per heavy atom. The molecule has 34 heavy (non-hydrogen) atoms. The molecule has 7 rings (SSSR count). The van der Waals surface area contributed by atoms with E-state index in [0.29, 0.717) is 6.54 Å². The van der Waals surface area contributed by atoms with Gasteiger partial charge in [-0.2, -0.15) is 5.10 Å². The van der Waals surface area contributed by atoms with Crippen molar-refractivity contribution in [2.24, 2.45) is 23.2 Å². The molecule has 3 aliphatic heterocycles. The Kier molecular flexibility index (Phi) is 4.33. The lowest BCUT2D eigenvalue weighted by Gasteiger charge is -2.42. The molecule has 0 saturated carbocycles. The highest BCUT2D eigenvalue weighted by Crippen LogP contribution is 2.50. The molecule has 1 atom stereocenters. The summed E-state index contributed by atoms with van der Waals surface area (Å²) in [5.41, 5.74) is 13.6. The smallest absolute Gasteiger partial charge is 0.156 e. The largest absolute Gasteiger partial charge is 0.355 e. The Morgan fingerprint density at radius 3 is 2.82 bits per heavy atom. The zero-order valence-electron chi connectivity index (χ0n) is 19.5. The summed E-state index contributed by atoms with van der Waals surface area (Å²) in [5.74, 6) is 1.89. The van der Waals surface area contributed by atoms with Gasteiger partial charge >= 0.3 is 0 Å². The second-order valence-corrected chi connectivity index (χ2v) is 10.1. The van der Waals surface area contributed by atoms with Crippen LogP contribution in [0.2, 0.25) is 0 Å². The number of rotatable bonds is 1. The van der Waals surface area contributed by atoms with Gasteiger partial charge < -0.3 is 15.5 Å². The first-order valence-corrected chi connectivity index (χ1v) is 12.3. The van der Waals surface area contributed by atoms with Crippen LogP contribution in [0.15, 0.2) is 35.7 Å². The summed E-state index contributed by atoms with van der Waals surface area (Å²) in [5, 5.41) is 4.40. The lowest BCUT2D eigenvalue weighted by atomic mass is 9.73. The second kappa shape index (κ2) is 7.33. The van der Waals surface area contributed by atoms with Gasteiger partial charge in [0.2, 0.25) is 0 Å². The SMILES string of the molecule is Cn1ncc2c1CC1(CCN(c3cnc4c(n3)CN=C4N3CCCc4ncccc43)CC1)[C@@H]2N. The van der Waals surface area contributed by atoms with Gasteiger partial charge in [0.1, 0.15) is 11.5 Å². The van der Waals surface area contributed by atoms with Crippen LogP contribution in [-0.4, -0.2) is 50.2 Å². The first-order valence-electron chi connectivity index (χ1n) is 12.3. The molecule has 4 aliphatic rings. The van der Waals surface area contributed by atoms with Gasteiger partial charge in [-0.1, -0.05) is 0 Å². The lowest BCUT2D eigenvalue weighted by Crippen LogP contribution is -2.45. The van der Waals surface area contributed by atoms with Crippen LogP contribution >= 0.6 is 0 Å². The van der Waals surface area contributed by atoms with Gasteiger partial charge in [0.15, 0.2) is 5.84 Å². The molecule has 0 radical (unpaired) electrons. The molecule has 2 N–H and O–H groups in total. The molecule has 1 spiro atoms. The highest BCUT2D eigenvalue weighted by molar-refractivity contribution is 6.11. The van der Waals surface area contributed by atoms with Crippen LogP contribution in [-0.2, 0) is 26.4 Å². The van der Waals surface area contributed by atoms with E-state index >= 15 is 0 Å². The number of hydrogen-bond donors (Lipinski definition) is 1. The number of hydrogen-bond acceptors (Lipinski definition) is 8. The maximum absolute atomic E-state index is 6.72. The van der Waals surface area contributed by atoms with E-state index in [0.717, 1.165) is 86.2 Å². The maximum atomic E-state index is 6.72. The topological polar surface area (TPSA) is 101 Å². The summed E-state index contributed by atoms with van der Waals surface area (Å²) in [6.07, 6.45) is 11.0. The number of anilines is 2. The minimum absolute atomic E-state index is 0.0716. The standard InChI is InChI=1S/C25H29N9/c1-32-20-12-25(23(26)16(20)13-30-32)6-10-33(11-7-25)21-15-28-22-18(31-21)14-29-24(22)34-9-3-4-17-19(34)5-2-8-27-17/h2,5,8,13,15,23H,3-4,6-7,9-12,14,26H2,1H3/t23-/m1/s1. The fourth-order valence-electron chi connectivity index (χ4n) is 6.32. The van der Waals surface area contributed by atoms with Gasteiger partial charge in [-0.3, -0.25) is 14.7 Å². The summed E-state index contributed by atoms with van der Waals surface area (Å²) >= 11 is 0. The van der Waals surface area contributed by atoms with Crippen molar-refractivity contribution in [2.75, 3.05) is 29.4 Å². The van der Waals surface area contributed by atoms with E-state index in [1.165, 1.54) is 11.3 Å². The van der Waals surface area contributed by atoms with Crippen LogP contribution in [0.1, 0.15) is 53.6 Å². The Morgan fingerprint density at radius 2 is 1.97 bits per heavy atom. The Balaban J connectivity index is 1.09. The zero-order chi connectivity index (χ0) is 22.9. The molecule has 9 nitrogen and oxygen atoms in total. The van der Waals surface area contributed by atoms with Crippen LogP contribution in [0.3, 0.4) is 0 Å². The van der Waals surface area contributed by atoms with Crippen LogP contribution in [0.4, 0.5) is 11.5 Å². The van der Waals surface area contributed by atoms with Crippen LogP contribution < -0.4 is 15.5 Å². The molecule has 174 valence electrons. The van der Waals surface area contributed by atoms with Crippen LogP contribution in [0, 0.1) is 5.41 Å². The first-order chi connectivity index (χ1) is 16.6. The monoisotopic (exact) mass is 455 g/mol. The number of nitrogens with zero attached hydrogens (tertiary/aromatic N) is 8. The molecule has 9 heteroatoms. The molecule has 3 aromatic rings. The van der Waals surface area contributed by atoms with Gasteiger partial charge in [0, 0.05) is 50.2 Å². The van der Waals surface area contributed by atoms with Gasteiger partial charge in [0.05, 0.1) is 36.0 Å². The zero-order valence-corrected chi connectivity index (χ0v) is 19.5. The number of aromatic nitrogens is 5. The van der Waals surface area contributed by atoms with E-state index in [2.05, 4.69) is 25.9 Å². The normalized spacial score (nSPS) is 22.5. The number of aliphatic imine (C=N–C) groups is 1. The van der Waals surface area contributed by atoms with Gasteiger partial charge in [-0.25, -0.2) is 9.97 Å². The van der Waals surface area contributed by atoms with Crippen molar-refractivity contribution >= 4 is 17.3 Å². The third-order valence-electron chi connectivity index (χ3n) is 8.32. The average molecular weight is 456 g/mol. The van der Waals surface area contributed by atoms with Gasteiger partial charge in [-0.05, 0) is 49.7 Å². The molecular formula is C25H29N9. The molecule has 1 aliphatic carbocycles. The Labute approximate surface area is 198 Å². The van der Waals surface area contributed by atoms with E-state index < -0.39 is 0 Å². The van der Waals surface area contributed by atoms with Crippen molar-refractivity contribution in [3.8, 4) is 0 Å². The Hall–Kier alpha value is -3.33. The average Bonchev–Trinajstić information content (AvgIpc) is 3.53. The number of aryl methyl sites for hydroxylation is 2. The molecule has 3 aromatic heterocycles. The molecule has 1 saturated heterocycles. The summed E-state index contributed by atoms with van der Waals surface area (Å²) in [6.45, 7) is 3.41. The predicted octanol–water partition coefficient (Wildman–Crippen LogP) is 2.16. The predicted molar refractivity (Wildman–Crippen MR) is 130 cm³/mol.